The minimum Gasteiger partial charge on any atom is -0.493 e. The number of nitrogens with one attached hydrogen (secondary N) is 1. The Kier molecular flexibility index (Phi) is 6.48. The van der Waals surface area contributed by atoms with Crippen LogP contribution in [0.5, 0.6) is 5.75 Å². The number of amides is 2. The second kappa shape index (κ2) is 9.04. The number of aliphatic hydroxyl groups excluding tert-OH is 1. The predicted molar refractivity (Wildman–Crippen MR) is 99.8 cm³/mol. The first-order valence-electron chi connectivity index (χ1n) is 9.54. The fourth-order valence-electron chi connectivity index (χ4n) is 3.22. The van der Waals surface area contributed by atoms with Gasteiger partial charge in [-0.05, 0) is 36.5 Å². The Morgan fingerprint density at radius 2 is 1.86 bits per heavy atom. The number of carbonyl (C=O) groups excluding carboxylic acids is 3. The van der Waals surface area contributed by atoms with E-state index in [4.69, 9.17) is 9.84 Å². The van der Waals surface area contributed by atoms with Crippen LogP contribution < -0.4 is 10.1 Å². The SMILES string of the molecule is O=C(O)CNC(=O)C1C(=O)C[C@H](CO)N(Cc2ccc(OCC3CC3)cc2)C1=O. The number of hydrogen-bond donors (Lipinski definition) is 3. The van der Waals surface area contributed by atoms with Gasteiger partial charge in [-0.3, -0.25) is 19.2 Å². The topological polar surface area (TPSA) is 133 Å². The first-order valence-corrected chi connectivity index (χ1v) is 9.54. The average Bonchev–Trinajstić information content (AvgIpc) is 3.52. The lowest BCUT2D eigenvalue weighted by atomic mass is 9.89. The van der Waals surface area contributed by atoms with Crippen LogP contribution in [0.25, 0.3) is 0 Å². The molecule has 2 aliphatic rings. The molecule has 156 valence electrons. The van der Waals surface area contributed by atoms with Crippen LogP contribution in [0.15, 0.2) is 24.3 Å². The Morgan fingerprint density at radius 3 is 2.45 bits per heavy atom. The van der Waals surface area contributed by atoms with E-state index in [-0.39, 0.29) is 13.0 Å². The number of aliphatic carboxylic acids is 1. The van der Waals surface area contributed by atoms with Gasteiger partial charge in [-0.15, -0.1) is 0 Å². The molecule has 0 radical (unpaired) electrons. The van der Waals surface area contributed by atoms with Crippen molar-refractivity contribution in [1.82, 2.24) is 10.2 Å². The summed E-state index contributed by atoms with van der Waals surface area (Å²) in [4.78, 5) is 49.2. The van der Waals surface area contributed by atoms with Gasteiger partial charge in [0.2, 0.25) is 11.8 Å². The predicted octanol–water partition coefficient (Wildman–Crippen LogP) is -0.0453. The first kappa shape index (κ1) is 20.8. The van der Waals surface area contributed by atoms with Crippen LogP contribution in [-0.2, 0) is 25.7 Å². The third-order valence-corrected chi connectivity index (χ3v) is 5.08. The van der Waals surface area contributed by atoms with E-state index in [1.807, 2.05) is 0 Å². The number of ether oxygens (including phenoxy) is 1. The molecule has 9 heteroatoms. The number of hydrogen-bond acceptors (Lipinski definition) is 6. The van der Waals surface area contributed by atoms with Crippen molar-refractivity contribution < 1.29 is 34.1 Å². The molecular weight excluding hydrogens is 380 g/mol. The molecule has 0 aromatic heterocycles. The summed E-state index contributed by atoms with van der Waals surface area (Å²) >= 11 is 0. The number of ketones is 1. The van der Waals surface area contributed by atoms with Crippen molar-refractivity contribution in [2.45, 2.75) is 31.8 Å². The van der Waals surface area contributed by atoms with Crippen molar-refractivity contribution in [3.05, 3.63) is 29.8 Å². The fraction of sp³-hybridized carbons (Fsp3) is 0.500. The number of carboxylic acids is 1. The van der Waals surface area contributed by atoms with Gasteiger partial charge in [0.25, 0.3) is 0 Å². The van der Waals surface area contributed by atoms with Gasteiger partial charge in [0, 0.05) is 13.0 Å². The summed E-state index contributed by atoms with van der Waals surface area (Å²) in [5, 5.41) is 20.4. The molecule has 2 atom stereocenters. The van der Waals surface area contributed by atoms with Crippen molar-refractivity contribution in [3.63, 3.8) is 0 Å². The lowest BCUT2D eigenvalue weighted by molar-refractivity contribution is -0.156. The lowest BCUT2D eigenvalue weighted by Crippen LogP contribution is -2.57. The largest absolute Gasteiger partial charge is 0.493 e. The van der Waals surface area contributed by atoms with Crippen LogP contribution in [0.3, 0.4) is 0 Å². The molecule has 1 aromatic rings. The summed E-state index contributed by atoms with van der Waals surface area (Å²) in [7, 11) is 0. The summed E-state index contributed by atoms with van der Waals surface area (Å²) < 4.78 is 5.68. The number of piperidine rings is 1. The Bertz CT molecular complexity index is 789. The molecule has 0 bridgehead atoms. The maximum absolute atomic E-state index is 12.8. The molecule has 1 unspecified atom stereocenters. The van der Waals surface area contributed by atoms with Crippen molar-refractivity contribution in [1.29, 1.82) is 0 Å². The fourth-order valence-corrected chi connectivity index (χ4v) is 3.22. The molecule has 1 saturated carbocycles. The Morgan fingerprint density at radius 1 is 1.17 bits per heavy atom. The maximum atomic E-state index is 12.8. The Labute approximate surface area is 167 Å². The van der Waals surface area contributed by atoms with Crippen LogP contribution in [0, 0.1) is 11.8 Å². The monoisotopic (exact) mass is 404 g/mol. The molecule has 1 aromatic carbocycles. The second-order valence-electron chi connectivity index (χ2n) is 7.42. The van der Waals surface area contributed by atoms with Crippen molar-refractivity contribution >= 4 is 23.6 Å². The van der Waals surface area contributed by atoms with E-state index in [2.05, 4.69) is 5.32 Å². The zero-order chi connectivity index (χ0) is 21.0. The number of carboxylic acid groups (broad SMARTS) is 1. The second-order valence-corrected chi connectivity index (χ2v) is 7.42. The quantitative estimate of drug-likeness (QED) is 0.492. The molecule has 9 nitrogen and oxygen atoms in total. The van der Waals surface area contributed by atoms with Crippen molar-refractivity contribution in [3.8, 4) is 5.75 Å². The third-order valence-electron chi connectivity index (χ3n) is 5.08. The van der Waals surface area contributed by atoms with E-state index in [1.54, 1.807) is 24.3 Å². The molecule has 29 heavy (non-hydrogen) atoms. The normalized spacial score (nSPS) is 21.8. The molecule has 1 aliphatic carbocycles. The third kappa shape index (κ3) is 5.32. The summed E-state index contributed by atoms with van der Waals surface area (Å²) in [6, 6.07) is 6.44. The number of benzene rings is 1. The van der Waals surface area contributed by atoms with E-state index in [0.717, 1.165) is 11.3 Å². The minimum atomic E-state index is -1.60. The van der Waals surface area contributed by atoms with Gasteiger partial charge in [0.05, 0.1) is 19.3 Å². The highest BCUT2D eigenvalue weighted by Gasteiger charge is 2.44. The Balaban J connectivity index is 1.67. The average molecular weight is 404 g/mol. The zero-order valence-corrected chi connectivity index (χ0v) is 15.9. The smallest absolute Gasteiger partial charge is 0.322 e. The van der Waals surface area contributed by atoms with Gasteiger partial charge in [0.1, 0.15) is 12.3 Å². The summed E-state index contributed by atoms with van der Waals surface area (Å²) in [6.45, 7) is -0.292. The minimum absolute atomic E-state index is 0.114. The molecule has 1 aliphatic heterocycles. The highest BCUT2D eigenvalue weighted by molar-refractivity contribution is 6.19. The number of aliphatic hydroxyl groups is 1. The van der Waals surface area contributed by atoms with E-state index in [0.29, 0.717) is 12.5 Å². The maximum Gasteiger partial charge on any atom is 0.322 e. The number of Topliss-reactive ketones (excluding diaryl/α,β-unsaturated/α-hetero) is 1. The number of nitrogens with zero attached hydrogens (tertiary/aromatic N) is 1. The van der Waals surface area contributed by atoms with E-state index >= 15 is 0 Å². The van der Waals surface area contributed by atoms with Crippen LogP contribution in [0.1, 0.15) is 24.8 Å². The first-order chi connectivity index (χ1) is 13.9. The molecule has 2 amide bonds. The van der Waals surface area contributed by atoms with Crippen LogP contribution >= 0.6 is 0 Å². The summed E-state index contributed by atoms with van der Waals surface area (Å²) in [5.41, 5.74) is 0.759. The van der Waals surface area contributed by atoms with Gasteiger partial charge in [-0.2, -0.15) is 0 Å². The lowest BCUT2D eigenvalue weighted by Gasteiger charge is -2.37. The molecular formula is C20H24N2O7. The van der Waals surface area contributed by atoms with E-state index < -0.39 is 48.7 Å². The van der Waals surface area contributed by atoms with Gasteiger partial charge < -0.3 is 25.2 Å². The van der Waals surface area contributed by atoms with Crippen molar-refractivity contribution in [2.24, 2.45) is 11.8 Å². The van der Waals surface area contributed by atoms with E-state index in [1.165, 1.54) is 17.7 Å². The number of likely N-dealkylation sites (tertiary alicyclic amines) is 1. The van der Waals surface area contributed by atoms with Crippen LogP contribution in [0.4, 0.5) is 0 Å². The molecule has 3 N–H and O–H groups in total. The van der Waals surface area contributed by atoms with Gasteiger partial charge in [0.15, 0.2) is 11.7 Å². The zero-order valence-electron chi connectivity index (χ0n) is 15.9. The number of rotatable bonds is 9. The molecule has 2 fully saturated rings. The summed E-state index contributed by atoms with van der Waals surface area (Å²) in [6.07, 6.45) is 2.21. The molecule has 3 rings (SSSR count). The number of carbonyl (C=O) groups is 4. The standard InChI is InChI=1S/C20H24N2O7/c23-10-14-7-16(24)18(19(27)21-8-17(25)26)20(28)22(14)9-12-3-5-15(6-4-12)29-11-13-1-2-13/h3-6,13-14,18,23H,1-2,7-11H2,(H,21,27)(H,25,26)/t14-,18?/m1/s1. The van der Waals surface area contributed by atoms with E-state index in [9.17, 15) is 24.3 Å². The summed E-state index contributed by atoms with van der Waals surface area (Å²) in [5.74, 6) is -3.82. The highest BCUT2D eigenvalue weighted by atomic mass is 16.5. The molecule has 1 heterocycles. The molecule has 1 saturated heterocycles. The van der Waals surface area contributed by atoms with Crippen molar-refractivity contribution in [2.75, 3.05) is 19.8 Å². The van der Waals surface area contributed by atoms with Gasteiger partial charge in [-0.25, -0.2) is 0 Å². The highest BCUT2D eigenvalue weighted by Crippen LogP contribution is 2.30. The van der Waals surface area contributed by atoms with Gasteiger partial charge >= 0.3 is 5.97 Å². The van der Waals surface area contributed by atoms with Crippen LogP contribution in [0.2, 0.25) is 0 Å². The Hall–Kier alpha value is -2.94. The van der Waals surface area contributed by atoms with Gasteiger partial charge in [-0.1, -0.05) is 12.1 Å². The van der Waals surface area contributed by atoms with Crippen LogP contribution in [-0.4, -0.2) is 64.5 Å². The molecule has 0 spiro atoms.